The predicted molar refractivity (Wildman–Crippen MR) is 41.3 cm³/mol. The van der Waals surface area contributed by atoms with Gasteiger partial charge in [-0.05, 0) is 12.2 Å². The molecule has 0 fully saturated rings. The van der Waals surface area contributed by atoms with Crippen molar-refractivity contribution in [1.29, 1.82) is 0 Å². The third kappa shape index (κ3) is 0.794. The van der Waals surface area contributed by atoms with E-state index in [2.05, 4.69) is 10.2 Å². The average Bonchev–Trinajstić information content (AvgIpc) is 2.34. The third-order valence-corrected chi connectivity index (χ3v) is 2.69. The molecular weight excluding hydrogens is 148 g/mol. The normalized spacial score (nSPS) is 16.8. The number of H-pyrrole nitrogens is 2. The van der Waals surface area contributed by atoms with E-state index in [0.29, 0.717) is 0 Å². The molecule has 1 aromatic rings. The molecule has 3 nitrogen and oxygen atoms in total. The van der Waals surface area contributed by atoms with E-state index < -0.39 is 0 Å². The Bertz CT molecular complexity index is 288. The number of aromatic amines is 2. The highest BCUT2D eigenvalue weighted by molar-refractivity contribution is 7.98. The van der Waals surface area contributed by atoms with Crippen LogP contribution >= 0.6 is 11.8 Å². The molecule has 2 heterocycles. The molecule has 1 aliphatic rings. The van der Waals surface area contributed by atoms with Gasteiger partial charge in [0.25, 0.3) is 5.56 Å². The molecular formula is C6H8N2OS. The van der Waals surface area contributed by atoms with Crippen molar-refractivity contribution in [2.75, 3.05) is 5.75 Å². The molecule has 54 valence electrons. The molecule has 0 amide bonds. The molecule has 0 saturated carbocycles. The Hall–Kier alpha value is -0.640. The molecule has 10 heavy (non-hydrogen) atoms. The van der Waals surface area contributed by atoms with Gasteiger partial charge in [-0.1, -0.05) is 0 Å². The lowest BCUT2D eigenvalue weighted by atomic mass is 10.2. The summed E-state index contributed by atoms with van der Waals surface area (Å²) < 4.78 is 0. The third-order valence-electron chi connectivity index (χ3n) is 1.71. The van der Waals surface area contributed by atoms with Gasteiger partial charge in [-0.25, -0.2) is 0 Å². The van der Waals surface area contributed by atoms with Gasteiger partial charge >= 0.3 is 0 Å². The molecule has 0 unspecified atom stereocenters. The molecule has 1 aliphatic heterocycles. The lowest BCUT2D eigenvalue weighted by molar-refractivity contribution is 1.01. The van der Waals surface area contributed by atoms with Crippen LogP contribution in [-0.2, 0) is 12.2 Å². The minimum atomic E-state index is 0.0651. The Morgan fingerprint density at radius 1 is 1.40 bits per heavy atom. The highest BCUT2D eigenvalue weighted by Gasteiger charge is 2.13. The smallest absolute Gasteiger partial charge is 0.267 e. The lowest BCUT2D eigenvalue weighted by Gasteiger charge is -2.06. The maximum absolute atomic E-state index is 11.0. The summed E-state index contributed by atoms with van der Waals surface area (Å²) in [5, 5.41) is 5.45. The Labute approximate surface area is 62.2 Å². The zero-order valence-corrected chi connectivity index (χ0v) is 6.25. The Kier molecular flexibility index (Phi) is 1.34. The Balaban J connectivity index is 2.55. The first-order valence-corrected chi connectivity index (χ1v) is 4.39. The molecule has 0 radical (unpaired) electrons. The Morgan fingerprint density at radius 3 is 3.10 bits per heavy atom. The zero-order valence-electron chi connectivity index (χ0n) is 5.44. The van der Waals surface area contributed by atoms with Gasteiger partial charge in [0.05, 0.1) is 5.69 Å². The molecule has 0 spiro atoms. The summed E-state index contributed by atoms with van der Waals surface area (Å²) in [5.41, 5.74) is 2.11. The van der Waals surface area contributed by atoms with Crippen LogP contribution in [0.4, 0.5) is 0 Å². The minimum absolute atomic E-state index is 0.0651. The number of hydrogen-bond donors (Lipinski definition) is 2. The van der Waals surface area contributed by atoms with Crippen molar-refractivity contribution in [3.05, 3.63) is 21.6 Å². The maximum atomic E-state index is 11.0. The molecule has 2 N–H and O–H groups in total. The number of aromatic nitrogens is 2. The largest absolute Gasteiger partial charge is 0.301 e. The van der Waals surface area contributed by atoms with E-state index in [1.807, 2.05) is 11.8 Å². The van der Waals surface area contributed by atoms with Gasteiger partial charge in [-0.2, -0.15) is 11.8 Å². The second kappa shape index (κ2) is 2.20. The van der Waals surface area contributed by atoms with E-state index in [0.717, 1.165) is 29.2 Å². The molecule has 1 aromatic heterocycles. The zero-order chi connectivity index (χ0) is 6.97. The molecule has 4 heteroatoms. The van der Waals surface area contributed by atoms with Crippen LogP contribution in [0.3, 0.4) is 0 Å². The summed E-state index contributed by atoms with van der Waals surface area (Å²) in [5.74, 6) is 2.03. The van der Waals surface area contributed by atoms with Crippen LogP contribution in [0.2, 0.25) is 0 Å². The van der Waals surface area contributed by atoms with Crippen molar-refractivity contribution in [1.82, 2.24) is 10.2 Å². The molecule has 0 aliphatic carbocycles. The number of hydrogen-bond acceptors (Lipinski definition) is 2. The first-order valence-electron chi connectivity index (χ1n) is 3.24. The van der Waals surface area contributed by atoms with E-state index in [1.54, 1.807) is 0 Å². The predicted octanol–water partition coefficient (Wildman–Crippen LogP) is 0.492. The van der Waals surface area contributed by atoms with Crippen molar-refractivity contribution in [2.24, 2.45) is 0 Å². The van der Waals surface area contributed by atoms with Crippen LogP contribution in [0.15, 0.2) is 4.79 Å². The van der Waals surface area contributed by atoms with Crippen LogP contribution in [-0.4, -0.2) is 16.0 Å². The number of nitrogens with one attached hydrogen (secondary N) is 2. The highest BCUT2D eigenvalue weighted by Crippen LogP contribution is 2.19. The lowest BCUT2D eigenvalue weighted by Crippen LogP contribution is -2.10. The standard InChI is InChI=1S/C6H8N2OS/c9-6-4-1-2-10-3-5(4)7-8-6/h1-3H2,(H2,7,8,9). The van der Waals surface area contributed by atoms with Crippen molar-refractivity contribution >= 4 is 11.8 Å². The van der Waals surface area contributed by atoms with Gasteiger partial charge < -0.3 is 5.10 Å². The number of rotatable bonds is 0. The van der Waals surface area contributed by atoms with E-state index in [9.17, 15) is 4.79 Å². The number of fused-ring (bicyclic) bond motifs is 1. The maximum Gasteiger partial charge on any atom is 0.267 e. The van der Waals surface area contributed by atoms with Crippen molar-refractivity contribution in [3.63, 3.8) is 0 Å². The van der Waals surface area contributed by atoms with E-state index >= 15 is 0 Å². The van der Waals surface area contributed by atoms with E-state index in [4.69, 9.17) is 0 Å². The van der Waals surface area contributed by atoms with Crippen LogP contribution in [0.1, 0.15) is 11.3 Å². The van der Waals surface area contributed by atoms with E-state index in [1.165, 1.54) is 0 Å². The van der Waals surface area contributed by atoms with Gasteiger partial charge in [0.2, 0.25) is 0 Å². The van der Waals surface area contributed by atoms with Crippen LogP contribution in [0.25, 0.3) is 0 Å². The van der Waals surface area contributed by atoms with Gasteiger partial charge in [-0.3, -0.25) is 9.89 Å². The van der Waals surface area contributed by atoms with Gasteiger partial charge in [0, 0.05) is 11.3 Å². The monoisotopic (exact) mass is 156 g/mol. The summed E-state index contributed by atoms with van der Waals surface area (Å²) in [4.78, 5) is 11.0. The summed E-state index contributed by atoms with van der Waals surface area (Å²) in [6.07, 6.45) is 0.916. The van der Waals surface area contributed by atoms with E-state index in [-0.39, 0.29) is 5.56 Å². The second-order valence-electron chi connectivity index (χ2n) is 2.34. The average molecular weight is 156 g/mol. The topological polar surface area (TPSA) is 48.6 Å². The fourth-order valence-corrected chi connectivity index (χ4v) is 2.10. The van der Waals surface area contributed by atoms with Crippen molar-refractivity contribution in [2.45, 2.75) is 12.2 Å². The summed E-state index contributed by atoms with van der Waals surface area (Å²) >= 11 is 1.86. The summed E-state index contributed by atoms with van der Waals surface area (Å²) in [7, 11) is 0. The minimum Gasteiger partial charge on any atom is -0.301 e. The second-order valence-corrected chi connectivity index (χ2v) is 3.44. The summed E-state index contributed by atoms with van der Waals surface area (Å²) in [6, 6.07) is 0. The fourth-order valence-electron chi connectivity index (χ4n) is 1.16. The van der Waals surface area contributed by atoms with Gasteiger partial charge in [0.15, 0.2) is 0 Å². The summed E-state index contributed by atoms with van der Waals surface area (Å²) in [6.45, 7) is 0. The quantitative estimate of drug-likeness (QED) is 0.574. The molecule has 0 atom stereocenters. The number of thioether (sulfide) groups is 1. The molecule has 0 bridgehead atoms. The first-order chi connectivity index (χ1) is 4.88. The van der Waals surface area contributed by atoms with Crippen molar-refractivity contribution in [3.8, 4) is 0 Å². The highest BCUT2D eigenvalue weighted by atomic mass is 32.2. The van der Waals surface area contributed by atoms with Crippen LogP contribution in [0, 0.1) is 0 Å². The fraction of sp³-hybridized carbons (Fsp3) is 0.500. The Morgan fingerprint density at radius 2 is 2.30 bits per heavy atom. The van der Waals surface area contributed by atoms with Crippen molar-refractivity contribution < 1.29 is 0 Å². The SMILES string of the molecule is O=c1[nH][nH]c2c1CCSC2. The molecule has 2 rings (SSSR count). The molecule has 0 aromatic carbocycles. The van der Waals surface area contributed by atoms with Crippen LogP contribution in [0.5, 0.6) is 0 Å². The van der Waals surface area contributed by atoms with Gasteiger partial charge in [-0.15, -0.1) is 0 Å². The first kappa shape index (κ1) is 6.09. The van der Waals surface area contributed by atoms with Gasteiger partial charge in [0.1, 0.15) is 0 Å². The van der Waals surface area contributed by atoms with Crippen LogP contribution < -0.4 is 5.56 Å². The molecule has 0 saturated heterocycles.